The Morgan fingerprint density at radius 3 is 2.22 bits per heavy atom. The number of amides is 1. The van der Waals surface area contributed by atoms with Crippen molar-refractivity contribution in [2.24, 2.45) is 0 Å². The first-order valence-corrected chi connectivity index (χ1v) is 8.51. The van der Waals surface area contributed by atoms with Crippen LogP contribution >= 0.6 is 0 Å². The van der Waals surface area contributed by atoms with Crippen molar-refractivity contribution >= 4 is 28.9 Å². The fourth-order valence-electron chi connectivity index (χ4n) is 2.63. The van der Waals surface area contributed by atoms with Gasteiger partial charge in [0.2, 0.25) is 5.91 Å². The molecule has 136 valence electrons. The van der Waals surface area contributed by atoms with Crippen LogP contribution in [0.3, 0.4) is 0 Å². The number of hydrogen-bond acceptors (Lipinski definition) is 4. The third kappa shape index (κ3) is 5.15. The van der Waals surface area contributed by atoms with E-state index in [0.717, 1.165) is 11.4 Å². The van der Waals surface area contributed by atoms with Crippen LogP contribution in [0.15, 0.2) is 72.9 Å². The molecule has 0 bridgehead atoms. The lowest BCUT2D eigenvalue weighted by molar-refractivity contribution is -0.116. The molecule has 3 aromatic rings. The summed E-state index contributed by atoms with van der Waals surface area (Å²) in [4.78, 5) is 27.1. The largest absolute Gasteiger partial charge is 0.477 e. The third-order valence-electron chi connectivity index (χ3n) is 3.95. The highest BCUT2D eigenvalue weighted by Gasteiger charge is 2.12. The average Bonchev–Trinajstić information content (AvgIpc) is 2.69. The van der Waals surface area contributed by atoms with Crippen LogP contribution in [0.1, 0.15) is 22.5 Å². The molecule has 3 rings (SSSR count). The zero-order chi connectivity index (χ0) is 19.1. The molecule has 0 spiro atoms. The van der Waals surface area contributed by atoms with Crippen LogP contribution in [0.25, 0.3) is 0 Å². The number of carboxylic acids is 1. The van der Waals surface area contributed by atoms with Gasteiger partial charge in [0.1, 0.15) is 0 Å². The molecular formula is C21H19N3O3. The molecule has 0 aliphatic rings. The van der Waals surface area contributed by atoms with Crippen molar-refractivity contribution in [2.75, 3.05) is 10.6 Å². The number of benzene rings is 2. The summed E-state index contributed by atoms with van der Waals surface area (Å²) in [5, 5.41) is 15.2. The molecule has 0 saturated carbocycles. The van der Waals surface area contributed by atoms with E-state index >= 15 is 0 Å². The summed E-state index contributed by atoms with van der Waals surface area (Å²) in [6.45, 7) is 0. The topological polar surface area (TPSA) is 91.3 Å². The number of pyridine rings is 1. The summed E-state index contributed by atoms with van der Waals surface area (Å²) in [6, 6.07) is 20.5. The molecule has 6 nitrogen and oxygen atoms in total. The highest BCUT2D eigenvalue weighted by molar-refractivity contribution is 5.91. The summed E-state index contributed by atoms with van der Waals surface area (Å²) >= 11 is 0. The smallest absolute Gasteiger partial charge is 0.354 e. The predicted octanol–water partition coefficient (Wildman–Crippen LogP) is 4.09. The van der Waals surface area contributed by atoms with Crippen molar-refractivity contribution in [1.29, 1.82) is 0 Å². The molecule has 0 fully saturated rings. The van der Waals surface area contributed by atoms with Gasteiger partial charge in [-0.15, -0.1) is 0 Å². The van der Waals surface area contributed by atoms with Gasteiger partial charge in [-0.2, -0.15) is 0 Å². The van der Waals surface area contributed by atoms with E-state index in [9.17, 15) is 9.59 Å². The summed E-state index contributed by atoms with van der Waals surface area (Å²) in [5.41, 5.74) is 3.12. The molecule has 0 aliphatic heterocycles. The van der Waals surface area contributed by atoms with Gasteiger partial charge in [-0.3, -0.25) is 4.79 Å². The van der Waals surface area contributed by atoms with Crippen LogP contribution in [0.2, 0.25) is 0 Å². The Hall–Kier alpha value is -3.67. The lowest BCUT2D eigenvalue weighted by Gasteiger charge is -2.09. The zero-order valence-corrected chi connectivity index (χ0v) is 14.6. The molecule has 2 aromatic carbocycles. The lowest BCUT2D eigenvalue weighted by atomic mass is 10.1. The Morgan fingerprint density at radius 2 is 1.52 bits per heavy atom. The quantitative estimate of drug-likeness (QED) is 0.589. The number of para-hydroxylation sites is 1. The lowest BCUT2D eigenvalue weighted by Crippen LogP contribution is -2.14. The molecular weight excluding hydrogens is 342 g/mol. The fourth-order valence-corrected chi connectivity index (χ4v) is 2.63. The Morgan fingerprint density at radius 1 is 0.852 bits per heavy atom. The zero-order valence-electron chi connectivity index (χ0n) is 14.6. The van der Waals surface area contributed by atoms with E-state index in [-0.39, 0.29) is 18.0 Å². The number of nitrogens with zero attached hydrogens (tertiary/aromatic N) is 1. The third-order valence-corrected chi connectivity index (χ3v) is 3.95. The van der Waals surface area contributed by atoms with Crippen molar-refractivity contribution in [3.05, 3.63) is 84.2 Å². The highest BCUT2D eigenvalue weighted by Crippen LogP contribution is 2.19. The molecule has 0 radical (unpaired) electrons. The Labute approximate surface area is 156 Å². The van der Waals surface area contributed by atoms with Crippen molar-refractivity contribution in [1.82, 2.24) is 4.98 Å². The van der Waals surface area contributed by atoms with Crippen LogP contribution in [-0.2, 0) is 11.2 Å². The number of aryl methyl sites for hydroxylation is 1. The van der Waals surface area contributed by atoms with Gasteiger partial charge in [0, 0.05) is 29.7 Å². The molecule has 0 saturated heterocycles. The van der Waals surface area contributed by atoms with Gasteiger partial charge >= 0.3 is 5.97 Å². The van der Waals surface area contributed by atoms with Crippen LogP contribution in [0.4, 0.5) is 17.1 Å². The molecule has 6 heteroatoms. The first-order valence-electron chi connectivity index (χ1n) is 8.51. The summed E-state index contributed by atoms with van der Waals surface area (Å²) < 4.78 is 0. The SMILES string of the molecule is O=C(CCc1cccnc1C(=O)O)Nc1ccc(Nc2ccccc2)cc1. The number of nitrogens with one attached hydrogen (secondary N) is 2. The summed E-state index contributed by atoms with van der Waals surface area (Å²) in [5.74, 6) is -1.27. The monoisotopic (exact) mass is 361 g/mol. The number of anilines is 3. The number of hydrogen-bond donors (Lipinski definition) is 3. The molecule has 1 aromatic heterocycles. The van der Waals surface area contributed by atoms with Crippen molar-refractivity contribution in [3.63, 3.8) is 0 Å². The van der Waals surface area contributed by atoms with E-state index in [1.807, 2.05) is 54.6 Å². The van der Waals surface area contributed by atoms with E-state index in [2.05, 4.69) is 15.6 Å². The van der Waals surface area contributed by atoms with Gasteiger partial charge in [0.25, 0.3) is 0 Å². The van der Waals surface area contributed by atoms with Crippen molar-refractivity contribution < 1.29 is 14.7 Å². The minimum atomic E-state index is -1.09. The number of aromatic carboxylic acids is 1. The minimum absolute atomic E-state index is 0.0124. The van der Waals surface area contributed by atoms with Crippen LogP contribution < -0.4 is 10.6 Å². The van der Waals surface area contributed by atoms with Gasteiger partial charge in [-0.1, -0.05) is 24.3 Å². The van der Waals surface area contributed by atoms with E-state index in [1.54, 1.807) is 12.1 Å². The van der Waals surface area contributed by atoms with Gasteiger partial charge in [0.05, 0.1) is 0 Å². The summed E-state index contributed by atoms with van der Waals surface area (Å²) in [7, 11) is 0. The van der Waals surface area contributed by atoms with Crippen LogP contribution in [0, 0.1) is 0 Å². The van der Waals surface area contributed by atoms with Crippen LogP contribution in [0.5, 0.6) is 0 Å². The van der Waals surface area contributed by atoms with Crippen molar-refractivity contribution in [2.45, 2.75) is 12.8 Å². The maximum Gasteiger partial charge on any atom is 0.354 e. The second kappa shape index (κ2) is 8.62. The van der Waals surface area contributed by atoms with Crippen LogP contribution in [-0.4, -0.2) is 22.0 Å². The Kier molecular flexibility index (Phi) is 5.79. The Balaban J connectivity index is 1.54. The summed E-state index contributed by atoms with van der Waals surface area (Å²) in [6.07, 6.45) is 1.92. The number of carbonyl (C=O) groups is 2. The molecule has 0 unspecified atom stereocenters. The Bertz CT molecular complexity index is 925. The van der Waals surface area contributed by atoms with E-state index < -0.39 is 5.97 Å². The van der Waals surface area contributed by atoms with E-state index in [4.69, 9.17) is 5.11 Å². The van der Waals surface area contributed by atoms with E-state index in [0.29, 0.717) is 17.7 Å². The predicted molar refractivity (Wildman–Crippen MR) is 104 cm³/mol. The number of rotatable bonds is 7. The number of carbonyl (C=O) groups excluding carboxylic acids is 1. The highest BCUT2D eigenvalue weighted by atomic mass is 16.4. The average molecular weight is 361 g/mol. The second-order valence-electron chi connectivity index (χ2n) is 5.93. The first kappa shape index (κ1) is 18.1. The first-order chi connectivity index (χ1) is 13.1. The molecule has 3 N–H and O–H groups in total. The minimum Gasteiger partial charge on any atom is -0.477 e. The van der Waals surface area contributed by atoms with Crippen molar-refractivity contribution in [3.8, 4) is 0 Å². The second-order valence-corrected chi connectivity index (χ2v) is 5.93. The normalized spacial score (nSPS) is 10.2. The van der Waals surface area contributed by atoms with Gasteiger partial charge in [-0.05, 0) is 54.4 Å². The molecule has 27 heavy (non-hydrogen) atoms. The number of carboxylic acid groups (broad SMARTS) is 1. The van der Waals surface area contributed by atoms with E-state index in [1.165, 1.54) is 6.20 Å². The van der Waals surface area contributed by atoms with Gasteiger partial charge in [0.15, 0.2) is 5.69 Å². The maximum atomic E-state index is 12.1. The van der Waals surface area contributed by atoms with Gasteiger partial charge in [-0.25, -0.2) is 9.78 Å². The molecule has 1 heterocycles. The molecule has 0 atom stereocenters. The standard InChI is InChI=1S/C21H19N3O3/c25-19(13-8-15-5-4-14-22-20(15)21(26)27)24-18-11-9-17(10-12-18)23-16-6-2-1-3-7-16/h1-7,9-12,14,23H,8,13H2,(H,24,25)(H,26,27). The van der Waals surface area contributed by atoms with Gasteiger partial charge < -0.3 is 15.7 Å². The maximum absolute atomic E-state index is 12.1. The number of aromatic nitrogens is 1. The molecule has 0 aliphatic carbocycles. The fraction of sp³-hybridized carbons (Fsp3) is 0.0952. The molecule has 1 amide bonds.